The number of anilines is 1. The summed E-state index contributed by atoms with van der Waals surface area (Å²) in [5, 5.41) is 1.94. The van der Waals surface area contributed by atoms with Crippen LogP contribution in [0.5, 0.6) is 0 Å². The van der Waals surface area contributed by atoms with Gasteiger partial charge in [0.15, 0.2) is 4.34 Å². The van der Waals surface area contributed by atoms with Crippen molar-refractivity contribution in [3.05, 3.63) is 34.8 Å². The summed E-state index contributed by atoms with van der Waals surface area (Å²) in [5.74, 6) is 0. The van der Waals surface area contributed by atoms with Crippen LogP contribution in [-0.4, -0.2) is 4.98 Å². The smallest absolute Gasteiger partial charge is 0.263 e. The monoisotopic (exact) mass is 272 g/mol. The third kappa shape index (κ3) is 2.95. The molecule has 0 amide bonds. The lowest BCUT2D eigenvalue weighted by molar-refractivity contribution is 0.151. The number of aromatic nitrogens is 1. The molecule has 0 saturated carbocycles. The molecule has 1 heterocycles. The lowest BCUT2D eigenvalue weighted by atomic mass is 10.2. The van der Waals surface area contributed by atoms with E-state index in [1.165, 1.54) is 35.2 Å². The van der Waals surface area contributed by atoms with Gasteiger partial charge in [0.05, 0.1) is 0 Å². The Morgan fingerprint density at radius 2 is 2.18 bits per heavy atom. The summed E-state index contributed by atoms with van der Waals surface area (Å²) >= 11 is 2.90. The molecule has 90 valence electrons. The summed E-state index contributed by atoms with van der Waals surface area (Å²) < 4.78 is 25.7. The first-order chi connectivity index (χ1) is 8.06. The van der Waals surface area contributed by atoms with E-state index in [0.29, 0.717) is 5.69 Å². The Morgan fingerprint density at radius 1 is 1.41 bits per heavy atom. The standard InChI is InChI=1S/C11H10F2N2S2/c1-6-5-16-11(15-6)17-9-3-2-7(10(12)13)4-8(9)14/h2-5,10H,14H2,1H3. The molecule has 0 aliphatic carbocycles. The minimum absolute atomic E-state index is 0.0535. The van der Waals surface area contributed by atoms with Crippen LogP contribution in [0.4, 0.5) is 14.5 Å². The summed E-state index contributed by atoms with van der Waals surface area (Å²) in [6.07, 6.45) is -2.49. The minimum Gasteiger partial charge on any atom is -0.398 e. The zero-order valence-corrected chi connectivity index (χ0v) is 10.6. The van der Waals surface area contributed by atoms with Crippen molar-refractivity contribution in [2.75, 3.05) is 5.73 Å². The molecule has 2 rings (SSSR count). The zero-order chi connectivity index (χ0) is 12.4. The van der Waals surface area contributed by atoms with Crippen molar-refractivity contribution < 1.29 is 8.78 Å². The molecule has 0 unspecified atom stereocenters. The van der Waals surface area contributed by atoms with Crippen molar-refractivity contribution in [2.24, 2.45) is 0 Å². The van der Waals surface area contributed by atoms with E-state index in [4.69, 9.17) is 5.73 Å². The van der Waals surface area contributed by atoms with Crippen LogP contribution in [-0.2, 0) is 0 Å². The van der Waals surface area contributed by atoms with Crippen molar-refractivity contribution in [1.82, 2.24) is 4.98 Å². The summed E-state index contributed by atoms with van der Waals surface area (Å²) in [6, 6.07) is 4.31. The number of rotatable bonds is 3. The van der Waals surface area contributed by atoms with E-state index in [9.17, 15) is 8.78 Å². The van der Waals surface area contributed by atoms with Crippen molar-refractivity contribution in [2.45, 2.75) is 22.6 Å². The molecule has 2 nitrogen and oxygen atoms in total. The number of aryl methyl sites for hydroxylation is 1. The Bertz CT molecular complexity index is 526. The van der Waals surface area contributed by atoms with Gasteiger partial charge in [0.2, 0.25) is 0 Å². The largest absolute Gasteiger partial charge is 0.398 e. The highest BCUT2D eigenvalue weighted by molar-refractivity contribution is 8.01. The molecule has 2 aromatic rings. The van der Waals surface area contributed by atoms with Crippen LogP contribution in [0.2, 0.25) is 0 Å². The maximum Gasteiger partial charge on any atom is 0.263 e. The molecule has 0 radical (unpaired) electrons. The molecule has 1 aromatic heterocycles. The average Bonchev–Trinajstić information content (AvgIpc) is 2.67. The number of nitrogens with two attached hydrogens (primary N) is 1. The van der Waals surface area contributed by atoms with E-state index < -0.39 is 6.43 Å². The molecular formula is C11H10F2N2S2. The Balaban J connectivity index is 2.22. The first kappa shape index (κ1) is 12.3. The number of halogens is 2. The topological polar surface area (TPSA) is 38.9 Å². The van der Waals surface area contributed by atoms with Crippen molar-refractivity contribution in [3.63, 3.8) is 0 Å². The number of nitrogens with zero attached hydrogens (tertiary/aromatic N) is 1. The van der Waals surface area contributed by atoms with Crippen LogP contribution in [0, 0.1) is 6.92 Å². The molecule has 1 aromatic carbocycles. The van der Waals surface area contributed by atoms with Gasteiger partial charge < -0.3 is 5.73 Å². The zero-order valence-electron chi connectivity index (χ0n) is 8.98. The van der Waals surface area contributed by atoms with Crippen molar-refractivity contribution in [3.8, 4) is 0 Å². The number of nitrogen functional groups attached to an aromatic ring is 1. The Kier molecular flexibility index (Phi) is 3.63. The quantitative estimate of drug-likeness (QED) is 0.854. The highest BCUT2D eigenvalue weighted by atomic mass is 32.2. The molecule has 6 heteroatoms. The van der Waals surface area contributed by atoms with Crippen LogP contribution in [0.15, 0.2) is 32.8 Å². The van der Waals surface area contributed by atoms with Gasteiger partial charge in [-0.1, -0.05) is 17.8 Å². The van der Waals surface area contributed by atoms with E-state index in [1.54, 1.807) is 6.07 Å². The fourth-order valence-corrected chi connectivity index (χ4v) is 3.09. The SMILES string of the molecule is Cc1csc(Sc2ccc(C(F)F)cc2N)n1. The van der Waals surface area contributed by atoms with Gasteiger partial charge >= 0.3 is 0 Å². The molecule has 0 aliphatic heterocycles. The number of hydrogen-bond acceptors (Lipinski definition) is 4. The molecule has 0 bridgehead atoms. The third-order valence-electron chi connectivity index (χ3n) is 2.08. The number of thiazole rings is 1. The molecule has 0 spiro atoms. The first-order valence-electron chi connectivity index (χ1n) is 4.84. The summed E-state index contributed by atoms with van der Waals surface area (Å²) in [5.41, 5.74) is 6.99. The second kappa shape index (κ2) is 5.01. The van der Waals surface area contributed by atoms with Gasteiger partial charge in [-0.15, -0.1) is 11.3 Å². The van der Waals surface area contributed by atoms with Crippen molar-refractivity contribution >= 4 is 28.8 Å². The van der Waals surface area contributed by atoms with Crippen LogP contribution in [0.3, 0.4) is 0 Å². The minimum atomic E-state index is -2.49. The summed E-state index contributed by atoms with van der Waals surface area (Å²) in [7, 11) is 0. The lowest BCUT2D eigenvalue weighted by Gasteiger charge is -2.05. The number of hydrogen-bond donors (Lipinski definition) is 1. The predicted octanol–water partition coefficient (Wildman–Crippen LogP) is 4.12. The second-order valence-corrected chi connectivity index (χ2v) is 5.60. The van der Waals surface area contributed by atoms with E-state index in [1.807, 2.05) is 12.3 Å². The van der Waals surface area contributed by atoms with E-state index in [-0.39, 0.29) is 5.56 Å². The van der Waals surface area contributed by atoms with Crippen LogP contribution < -0.4 is 5.73 Å². The van der Waals surface area contributed by atoms with Gasteiger partial charge in [0.25, 0.3) is 6.43 Å². The number of alkyl halides is 2. The fourth-order valence-electron chi connectivity index (χ4n) is 1.27. The van der Waals surface area contributed by atoms with Crippen LogP contribution in [0.1, 0.15) is 17.7 Å². The molecule has 0 saturated heterocycles. The van der Waals surface area contributed by atoms with Gasteiger partial charge in [-0.2, -0.15) is 0 Å². The average molecular weight is 272 g/mol. The van der Waals surface area contributed by atoms with Crippen LogP contribution >= 0.6 is 23.1 Å². The van der Waals surface area contributed by atoms with Gasteiger partial charge in [0.1, 0.15) is 0 Å². The molecule has 2 N–H and O–H groups in total. The molecule has 0 atom stereocenters. The molecular weight excluding hydrogens is 262 g/mol. The second-order valence-electron chi connectivity index (χ2n) is 3.45. The van der Waals surface area contributed by atoms with Gasteiger partial charge in [-0.25, -0.2) is 13.8 Å². The third-order valence-corrected chi connectivity index (χ3v) is 4.23. The fraction of sp³-hybridized carbons (Fsp3) is 0.182. The normalized spacial score (nSPS) is 11.1. The maximum absolute atomic E-state index is 12.4. The van der Waals surface area contributed by atoms with Gasteiger partial charge in [-0.3, -0.25) is 0 Å². The van der Waals surface area contributed by atoms with E-state index in [0.717, 1.165) is 14.9 Å². The summed E-state index contributed by atoms with van der Waals surface area (Å²) in [4.78, 5) is 5.04. The van der Waals surface area contributed by atoms with E-state index in [2.05, 4.69) is 4.98 Å². The predicted molar refractivity (Wildman–Crippen MR) is 66.8 cm³/mol. The lowest BCUT2D eigenvalue weighted by Crippen LogP contribution is -1.92. The van der Waals surface area contributed by atoms with Crippen LogP contribution in [0.25, 0.3) is 0 Å². The Morgan fingerprint density at radius 3 is 2.71 bits per heavy atom. The maximum atomic E-state index is 12.4. The van der Waals surface area contributed by atoms with E-state index >= 15 is 0 Å². The highest BCUT2D eigenvalue weighted by Crippen LogP contribution is 2.35. The summed E-state index contributed by atoms with van der Waals surface area (Å²) in [6.45, 7) is 1.91. The Labute approximate surface area is 106 Å². The molecule has 17 heavy (non-hydrogen) atoms. The molecule has 0 aliphatic rings. The Hall–Kier alpha value is -1.14. The van der Waals surface area contributed by atoms with Gasteiger partial charge in [0, 0.05) is 27.2 Å². The number of benzene rings is 1. The highest BCUT2D eigenvalue weighted by Gasteiger charge is 2.10. The van der Waals surface area contributed by atoms with Gasteiger partial charge in [-0.05, 0) is 19.1 Å². The first-order valence-corrected chi connectivity index (χ1v) is 6.53. The molecule has 0 fully saturated rings. The van der Waals surface area contributed by atoms with Crippen molar-refractivity contribution in [1.29, 1.82) is 0 Å².